The lowest BCUT2D eigenvalue weighted by Crippen LogP contribution is -2.53. The smallest absolute Gasteiger partial charge is 0.269 e. The van der Waals surface area contributed by atoms with Crippen molar-refractivity contribution in [3.63, 3.8) is 0 Å². The predicted molar refractivity (Wildman–Crippen MR) is 119 cm³/mol. The van der Waals surface area contributed by atoms with Crippen LogP contribution in [0.1, 0.15) is 18.4 Å². The lowest BCUT2D eigenvalue weighted by atomic mass is 9.89. The Morgan fingerprint density at radius 1 is 1.07 bits per heavy atom. The fraction of sp³-hybridized carbons (Fsp3) is 0.348. The molecule has 2 aromatic carbocycles. The molecule has 0 saturated heterocycles. The van der Waals surface area contributed by atoms with Crippen molar-refractivity contribution in [2.45, 2.75) is 38.0 Å². The second kappa shape index (κ2) is 8.32. The zero-order chi connectivity index (χ0) is 21.9. The minimum Gasteiger partial charge on any atom is -0.497 e. The van der Waals surface area contributed by atoms with E-state index in [1.165, 1.54) is 12.3 Å². The maximum atomic E-state index is 13.3. The molecule has 0 spiro atoms. The van der Waals surface area contributed by atoms with Gasteiger partial charge >= 0.3 is 0 Å². The lowest BCUT2D eigenvalue weighted by Gasteiger charge is -2.27. The Bertz CT molecular complexity index is 971. The molecule has 2 amide bonds. The highest BCUT2D eigenvalue weighted by Gasteiger charge is 2.45. The molecule has 3 rings (SSSR count). The molecule has 7 heteroatoms. The summed E-state index contributed by atoms with van der Waals surface area (Å²) in [7, 11) is 0.0771. The minimum atomic E-state index is -1.83. The molecule has 1 unspecified atom stereocenters. The molecule has 0 heterocycles. The first kappa shape index (κ1) is 21.6. The summed E-state index contributed by atoms with van der Waals surface area (Å²) in [5.41, 5.74) is -0.865. The quantitative estimate of drug-likeness (QED) is 0.672. The van der Waals surface area contributed by atoms with Gasteiger partial charge in [0.1, 0.15) is 11.8 Å². The number of benzene rings is 2. The Kier molecular flexibility index (Phi) is 5.99. The maximum absolute atomic E-state index is 13.3. The van der Waals surface area contributed by atoms with Crippen molar-refractivity contribution in [2.24, 2.45) is 5.92 Å². The number of carbonyl (C=O) groups is 2. The third-order valence-electron chi connectivity index (χ3n) is 5.30. The summed E-state index contributed by atoms with van der Waals surface area (Å²) in [6, 6.07) is 16.3. The standard InChI is InChI=1S/C23H27N3O3Si/c1-29-19-11-7-17(8-12-19)23(15-24,26-21(27)16-5-6-16)22(28)25-18-9-13-20(14-10-18)30(2,3)4/h7-14,16H,5-6H2,1-4H3,(H,25,28)(H,26,27). The molecule has 1 saturated carbocycles. The summed E-state index contributed by atoms with van der Waals surface area (Å²) >= 11 is 0. The van der Waals surface area contributed by atoms with Crippen LogP contribution in [0.5, 0.6) is 5.75 Å². The van der Waals surface area contributed by atoms with E-state index in [1.807, 2.05) is 24.3 Å². The highest BCUT2D eigenvalue weighted by molar-refractivity contribution is 6.88. The summed E-state index contributed by atoms with van der Waals surface area (Å²) in [5.74, 6) is -0.414. The second-order valence-electron chi connectivity index (χ2n) is 8.64. The number of methoxy groups -OCH3 is 1. The Morgan fingerprint density at radius 3 is 2.13 bits per heavy atom. The summed E-state index contributed by atoms with van der Waals surface area (Å²) in [4.78, 5) is 25.8. The van der Waals surface area contributed by atoms with Gasteiger partial charge in [-0.2, -0.15) is 5.26 Å². The normalized spacial score (nSPS) is 15.4. The maximum Gasteiger partial charge on any atom is 0.269 e. The highest BCUT2D eigenvalue weighted by atomic mass is 28.3. The zero-order valence-electron chi connectivity index (χ0n) is 17.8. The van der Waals surface area contributed by atoms with Crippen molar-refractivity contribution in [1.82, 2.24) is 5.32 Å². The molecule has 0 radical (unpaired) electrons. The van der Waals surface area contributed by atoms with E-state index < -0.39 is 19.5 Å². The van der Waals surface area contributed by atoms with E-state index in [1.54, 1.807) is 24.3 Å². The van der Waals surface area contributed by atoms with Gasteiger partial charge in [0.05, 0.1) is 15.2 Å². The largest absolute Gasteiger partial charge is 0.497 e. The number of nitrogens with one attached hydrogen (secondary N) is 2. The summed E-state index contributed by atoms with van der Waals surface area (Å²) in [5, 5.41) is 16.8. The molecule has 1 atom stereocenters. The van der Waals surface area contributed by atoms with Crippen LogP contribution in [0, 0.1) is 17.2 Å². The Hall–Kier alpha value is -3.11. The molecule has 156 valence electrons. The van der Waals surface area contributed by atoms with Gasteiger partial charge in [0, 0.05) is 17.2 Å². The van der Waals surface area contributed by atoms with Crippen LogP contribution in [0.4, 0.5) is 5.69 Å². The van der Waals surface area contributed by atoms with Crippen molar-refractivity contribution < 1.29 is 14.3 Å². The van der Waals surface area contributed by atoms with Crippen molar-refractivity contribution >= 4 is 30.8 Å². The van der Waals surface area contributed by atoms with Gasteiger partial charge < -0.3 is 15.4 Å². The molecule has 0 aromatic heterocycles. The number of carbonyl (C=O) groups excluding carboxylic acids is 2. The third-order valence-corrected chi connectivity index (χ3v) is 7.36. The molecule has 1 fully saturated rings. The highest BCUT2D eigenvalue weighted by Crippen LogP contribution is 2.32. The molecule has 2 aromatic rings. The fourth-order valence-corrected chi connectivity index (χ4v) is 4.32. The van der Waals surface area contributed by atoms with Gasteiger partial charge in [0.25, 0.3) is 5.91 Å². The van der Waals surface area contributed by atoms with Gasteiger partial charge in [-0.1, -0.05) is 49.1 Å². The van der Waals surface area contributed by atoms with Gasteiger partial charge in [-0.25, -0.2) is 0 Å². The molecule has 1 aliphatic carbocycles. The van der Waals surface area contributed by atoms with Gasteiger partial charge in [-0.15, -0.1) is 0 Å². The Morgan fingerprint density at radius 2 is 1.67 bits per heavy atom. The SMILES string of the molecule is COc1ccc(C(C#N)(NC(=O)C2CC2)C(=O)Nc2ccc([Si](C)(C)C)cc2)cc1. The molecule has 30 heavy (non-hydrogen) atoms. The molecular weight excluding hydrogens is 394 g/mol. The number of hydrogen-bond acceptors (Lipinski definition) is 4. The average Bonchev–Trinajstić information content (AvgIpc) is 3.57. The van der Waals surface area contributed by atoms with Crippen LogP contribution in [0.25, 0.3) is 0 Å². The van der Waals surface area contributed by atoms with Crippen LogP contribution in [0.3, 0.4) is 0 Å². The van der Waals surface area contributed by atoms with Crippen molar-refractivity contribution in [3.05, 3.63) is 54.1 Å². The number of amides is 2. The van der Waals surface area contributed by atoms with Gasteiger partial charge in [-0.05, 0) is 37.1 Å². The first-order valence-corrected chi connectivity index (χ1v) is 13.5. The van der Waals surface area contributed by atoms with Gasteiger partial charge in [-0.3, -0.25) is 9.59 Å². The Labute approximate surface area is 178 Å². The predicted octanol–water partition coefficient (Wildman–Crippen LogP) is 3.12. The van der Waals surface area contributed by atoms with E-state index in [4.69, 9.17) is 4.74 Å². The van der Waals surface area contributed by atoms with E-state index >= 15 is 0 Å². The number of ether oxygens (including phenoxy) is 1. The van der Waals surface area contributed by atoms with Gasteiger partial charge in [0.15, 0.2) is 0 Å². The first-order valence-electron chi connectivity index (χ1n) is 9.99. The summed E-state index contributed by atoms with van der Waals surface area (Å²) < 4.78 is 5.17. The van der Waals surface area contributed by atoms with Crippen LogP contribution in [0.2, 0.25) is 19.6 Å². The number of hydrogen-bond donors (Lipinski definition) is 2. The number of rotatable bonds is 7. The van der Waals surface area contributed by atoms with Crippen molar-refractivity contribution in [2.75, 3.05) is 12.4 Å². The number of nitriles is 1. The van der Waals surface area contributed by atoms with E-state index in [0.717, 1.165) is 12.8 Å². The number of nitrogens with zero attached hydrogens (tertiary/aromatic N) is 1. The lowest BCUT2D eigenvalue weighted by molar-refractivity contribution is -0.129. The van der Waals surface area contributed by atoms with Crippen molar-refractivity contribution in [1.29, 1.82) is 5.26 Å². The molecule has 6 nitrogen and oxygen atoms in total. The summed E-state index contributed by atoms with van der Waals surface area (Å²) in [6.07, 6.45) is 1.55. The molecule has 2 N–H and O–H groups in total. The summed E-state index contributed by atoms with van der Waals surface area (Å²) in [6.45, 7) is 6.75. The minimum absolute atomic E-state index is 0.139. The number of anilines is 1. The van der Waals surface area contributed by atoms with Crippen LogP contribution >= 0.6 is 0 Å². The monoisotopic (exact) mass is 421 g/mol. The first-order chi connectivity index (χ1) is 14.2. The molecule has 1 aliphatic rings. The average molecular weight is 422 g/mol. The van der Waals surface area contributed by atoms with Crippen LogP contribution < -0.4 is 20.6 Å². The third kappa shape index (κ3) is 4.55. The van der Waals surface area contributed by atoms with E-state index in [-0.39, 0.29) is 11.8 Å². The zero-order valence-corrected chi connectivity index (χ0v) is 18.8. The topological polar surface area (TPSA) is 91.2 Å². The van der Waals surface area contributed by atoms with Gasteiger partial charge in [0.2, 0.25) is 11.4 Å². The van der Waals surface area contributed by atoms with E-state index in [9.17, 15) is 14.9 Å². The van der Waals surface area contributed by atoms with E-state index in [2.05, 4.69) is 36.3 Å². The van der Waals surface area contributed by atoms with Crippen molar-refractivity contribution in [3.8, 4) is 11.8 Å². The van der Waals surface area contributed by atoms with Crippen LogP contribution in [-0.4, -0.2) is 27.0 Å². The van der Waals surface area contributed by atoms with Crippen LogP contribution in [0.15, 0.2) is 48.5 Å². The fourth-order valence-electron chi connectivity index (χ4n) is 3.16. The Balaban J connectivity index is 1.92. The molecule has 0 aliphatic heterocycles. The molecule has 0 bridgehead atoms. The molecular formula is C23H27N3O3Si. The van der Waals surface area contributed by atoms with Crippen LogP contribution in [-0.2, 0) is 15.1 Å². The second-order valence-corrected chi connectivity index (χ2v) is 13.7. The van der Waals surface area contributed by atoms with E-state index in [0.29, 0.717) is 17.0 Å².